The SMILES string of the molecule is Cc1cnc(Cl)nc1N1CC2CC2C1. The molecule has 1 saturated heterocycles. The van der Waals surface area contributed by atoms with Gasteiger partial charge in [0.05, 0.1) is 0 Å². The lowest BCUT2D eigenvalue weighted by molar-refractivity contribution is 0.798. The lowest BCUT2D eigenvalue weighted by atomic mass is 10.3. The second-order valence-corrected chi connectivity index (χ2v) is 4.64. The van der Waals surface area contributed by atoms with Crippen LogP contribution in [-0.2, 0) is 0 Å². The lowest BCUT2D eigenvalue weighted by Gasteiger charge is -2.20. The van der Waals surface area contributed by atoms with Crippen LogP contribution in [0.3, 0.4) is 0 Å². The molecule has 3 rings (SSSR count). The van der Waals surface area contributed by atoms with Crippen molar-refractivity contribution in [2.75, 3.05) is 18.0 Å². The first-order valence-electron chi connectivity index (χ1n) is 4.98. The van der Waals surface area contributed by atoms with Crippen molar-refractivity contribution in [1.82, 2.24) is 9.97 Å². The molecule has 1 aliphatic carbocycles. The molecule has 4 heteroatoms. The van der Waals surface area contributed by atoms with Gasteiger partial charge in [0, 0.05) is 24.8 Å². The Morgan fingerprint density at radius 3 is 2.86 bits per heavy atom. The average molecular weight is 210 g/mol. The summed E-state index contributed by atoms with van der Waals surface area (Å²) in [6.07, 6.45) is 3.21. The summed E-state index contributed by atoms with van der Waals surface area (Å²) in [5.74, 6) is 2.86. The summed E-state index contributed by atoms with van der Waals surface area (Å²) < 4.78 is 0. The lowest BCUT2D eigenvalue weighted by Crippen LogP contribution is -2.24. The van der Waals surface area contributed by atoms with Crippen LogP contribution < -0.4 is 4.90 Å². The van der Waals surface area contributed by atoms with Gasteiger partial charge in [0.15, 0.2) is 0 Å². The van der Waals surface area contributed by atoms with Gasteiger partial charge in [-0.05, 0) is 36.8 Å². The van der Waals surface area contributed by atoms with E-state index in [1.165, 1.54) is 6.42 Å². The molecule has 1 aromatic heterocycles. The van der Waals surface area contributed by atoms with E-state index < -0.39 is 0 Å². The number of hydrogen-bond donors (Lipinski definition) is 0. The minimum Gasteiger partial charge on any atom is -0.356 e. The van der Waals surface area contributed by atoms with Crippen LogP contribution in [0.15, 0.2) is 6.20 Å². The smallest absolute Gasteiger partial charge is 0.224 e. The molecule has 2 fully saturated rings. The van der Waals surface area contributed by atoms with Crippen molar-refractivity contribution in [1.29, 1.82) is 0 Å². The van der Waals surface area contributed by atoms with Crippen LogP contribution in [0.5, 0.6) is 0 Å². The number of anilines is 1. The summed E-state index contributed by atoms with van der Waals surface area (Å²) in [6, 6.07) is 0. The number of aromatic nitrogens is 2. The van der Waals surface area contributed by atoms with Gasteiger partial charge < -0.3 is 4.90 Å². The molecular formula is C10H12ClN3. The Labute approximate surface area is 88.1 Å². The monoisotopic (exact) mass is 209 g/mol. The van der Waals surface area contributed by atoms with Gasteiger partial charge in [-0.25, -0.2) is 9.97 Å². The van der Waals surface area contributed by atoms with E-state index in [0.29, 0.717) is 5.28 Å². The first-order valence-corrected chi connectivity index (χ1v) is 5.36. The van der Waals surface area contributed by atoms with Gasteiger partial charge in [-0.1, -0.05) is 0 Å². The minimum atomic E-state index is 0.353. The van der Waals surface area contributed by atoms with Gasteiger partial charge >= 0.3 is 0 Å². The van der Waals surface area contributed by atoms with Gasteiger partial charge in [-0.3, -0.25) is 0 Å². The van der Waals surface area contributed by atoms with Crippen molar-refractivity contribution < 1.29 is 0 Å². The van der Waals surface area contributed by atoms with E-state index in [9.17, 15) is 0 Å². The molecule has 1 aromatic rings. The zero-order valence-electron chi connectivity index (χ0n) is 8.07. The second kappa shape index (κ2) is 2.83. The van der Waals surface area contributed by atoms with Gasteiger partial charge in [0.1, 0.15) is 5.82 Å². The molecule has 3 nitrogen and oxygen atoms in total. The van der Waals surface area contributed by atoms with E-state index in [2.05, 4.69) is 14.9 Å². The second-order valence-electron chi connectivity index (χ2n) is 4.31. The number of piperidine rings is 1. The largest absolute Gasteiger partial charge is 0.356 e. The Kier molecular flexibility index (Phi) is 1.71. The van der Waals surface area contributed by atoms with E-state index in [4.69, 9.17) is 11.6 Å². The summed E-state index contributed by atoms with van der Waals surface area (Å²) >= 11 is 5.79. The average Bonchev–Trinajstić information content (AvgIpc) is 2.78. The highest BCUT2D eigenvalue weighted by atomic mass is 35.5. The summed E-state index contributed by atoms with van der Waals surface area (Å²) in [4.78, 5) is 10.6. The zero-order chi connectivity index (χ0) is 9.71. The van der Waals surface area contributed by atoms with E-state index in [1.54, 1.807) is 6.20 Å². The highest BCUT2D eigenvalue weighted by Gasteiger charge is 2.45. The van der Waals surface area contributed by atoms with Gasteiger partial charge in [-0.15, -0.1) is 0 Å². The Balaban J connectivity index is 1.91. The molecule has 2 unspecified atom stereocenters. The van der Waals surface area contributed by atoms with Crippen molar-refractivity contribution >= 4 is 17.4 Å². The van der Waals surface area contributed by atoms with E-state index in [0.717, 1.165) is 36.3 Å². The van der Waals surface area contributed by atoms with Crippen LogP contribution >= 0.6 is 11.6 Å². The molecule has 0 bridgehead atoms. The van der Waals surface area contributed by atoms with Crippen molar-refractivity contribution in [2.45, 2.75) is 13.3 Å². The quantitative estimate of drug-likeness (QED) is 0.662. The summed E-state index contributed by atoms with van der Waals surface area (Å²) in [6.45, 7) is 4.34. The topological polar surface area (TPSA) is 29.0 Å². The number of fused-ring (bicyclic) bond motifs is 1. The standard InChI is InChI=1S/C10H12ClN3/c1-6-3-12-10(11)13-9(6)14-4-7-2-8(7)5-14/h3,7-8H,2,4-5H2,1H3. The predicted molar refractivity (Wildman–Crippen MR) is 55.6 cm³/mol. The molecule has 0 amide bonds. The number of halogens is 1. The van der Waals surface area contributed by atoms with E-state index >= 15 is 0 Å². The molecule has 1 aliphatic heterocycles. The first-order chi connectivity index (χ1) is 6.74. The van der Waals surface area contributed by atoms with Gasteiger partial charge in [0.25, 0.3) is 0 Å². The molecule has 0 radical (unpaired) electrons. The van der Waals surface area contributed by atoms with Crippen molar-refractivity contribution in [3.8, 4) is 0 Å². The van der Waals surface area contributed by atoms with Crippen LogP contribution in [-0.4, -0.2) is 23.1 Å². The third-order valence-corrected chi connectivity index (χ3v) is 3.38. The Morgan fingerprint density at radius 2 is 2.14 bits per heavy atom. The summed E-state index contributed by atoms with van der Waals surface area (Å²) in [7, 11) is 0. The number of hydrogen-bond acceptors (Lipinski definition) is 3. The Hall–Kier alpha value is -0.830. The maximum Gasteiger partial charge on any atom is 0.224 e. The highest BCUT2D eigenvalue weighted by Crippen LogP contribution is 2.46. The minimum absolute atomic E-state index is 0.353. The summed E-state index contributed by atoms with van der Waals surface area (Å²) in [5.41, 5.74) is 1.12. The summed E-state index contributed by atoms with van der Waals surface area (Å²) in [5, 5.41) is 0.353. The Bertz CT molecular complexity index is 370. The van der Waals surface area contributed by atoms with Crippen LogP contribution in [0.25, 0.3) is 0 Å². The number of nitrogens with zero attached hydrogens (tertiary/aromatic N) is 3. The van der Waals surface area contributed by atoms with Crippen LogP contribution in [0.2, 0.25) is 5.28 Å². The fraction of sp³-hybridized carbons (Fsp3) is 0.600. The third-order valence-electron chi connectivity index (χ3n) is 3.19. The normalized spacial score (nSPS) is 29.1. The number of aryl methyl sites for hydroxylation is 1. The van der Waals surface area contributed by atoms with Crippen LogP contribution in [0.4, 0.5) is 5.82 Å². The number of rotatable bonds is 1. The van der Waals surface area contributed by atoms with E-state index in [-0.39, 0.29) is 0 Å². The van der Waals surface area contributed by atoms with Crippen molar-refractivity contribution in [3.05, 3.63) is 17.0 Å². The van der Waals surface area contributed by atoms with E-state index in [1.807, 2.05) is 6.92 Å². The fourth-order valence-corrected chi connectivity index (χ4v) is 2.43. The molecule has 0 spiro atoms. The third kappa shape index (κ3) is 1.27. The van der Waals surface area contributed by atoms with Crippen LogP contribution in [0.1, 0.15) is 12.0 Å². The molecular weight excluding hydrogens is 198 g/mol. The molecule has 74 valence electrons. The van der Waals surface area contributed by atoms with Gasteiger partial charge in [-0.2, -0.15) is 0 Å². The highest BCUT2D eigenvalue weighted by molar-refractivity contribution is 6.28. The molecule has 1 saturated carbocycles. The predicted octanol–water partition coefficient (Wildman–Crippen LogP) is 1.89. The zero-order valence-corrected chi connectivity index (χ0v) is 8.83. The Morgan fingerprint density at radius 1 is 1.43 bits per heavy atom. The van der Waals surface area contributed by atoms with Gasteiger partial charge in [0.2, 0.25) is 5.28 Å². The van der Waals surface area contributed by atoms with Crippen molar-refractivity contribution in [2.24, 2.45) is 11.8 Å². The molecule has 2 heterocycles. The molecule has 0 aromatic carbocycles. The molecule has 14 heavy (non-hydrogen) atoms. The van der Waals surface area contributed by atoms with Crippen LogP contribution in [0, 0.1) is 18.8 Å². The fourth-order valence-electron chi connectivity index (χ4n) is 2.30. The molecule has 2 aliphatic rings. The molecule has 2 atom stereocenters. The molecule has 0 N–H and O–H groups in total. The first kappa shape index (κ1) is 8.48. The maximum atomic E-state index is 5.79. The van der Waals surface area contributed by atoms with Crippen molar-refractivity contribution in [3.63, 3.8) is 0 Å². The maximum absolute atomic E-state index is 5.79.